The molecule has 0 aromatic rings. The Morgan fingerprint density at radius 1 is 0.636 bits per heavy atom. The lowest BCUT2D eigenvalue weighted by Gasteiger charge is -2.15. The summed E-state index contributed by atoms with van der Waals surface area (Å²) in [7, 11) is -4.37. The first kappa shape index (κ1) is 43.0. The number of hydrogen-bond donors (Lipinski definition) is 3. The van der Waals surface area contributed by atoms with E-state index in [0.29, 0.717) is 6.42 Å². The van der Waals surface area contributed by atoms with Gasteiger partial charge in [-0.15, -0.1) is 0 Å². The predicted molar refractivity (Wildman–Crippen MR) is 178 cm³/mol. The smallest absolute Gasteiger partial charge is 0.463 e. The zero-order valence-electron chi connectivity index (χ0n) is 28.4. The Morgan fingerprint density at radius 2 is 1.05 bits per heavy atom. The molecule has 0 aromatic heterocycles. The fraction of sp³-hybridized carbons (Fsp3) is 0.941. The van der Waals surface area contributed by atoms with Crippen molar-refractivity contribution in [2.75, 3.05) is 26.4 Å². The molecular formula is C34H68NO8P. The quantitative estimate of drug-likeness (QED) is 0.0358. The van der Waals surface area contributed by atoms with Gasteiger partial charge in [-0.05, 0) is 6.42 Å². The van der Waals surface area contributed by atoms with E-state index < -0.39 is 26.5 Å². The van der Waals surface area contributed by atoms with E-state index in [9.17, 15) is 24.2 Å². The van der Waals surface area contributed by atoms with Crippen LogP contribution in [-0.2, 0) is 27.9 Å². The van der Waals surface area contributed by atoms with Crippen molar-refractivity contribution in [2.45, 2.75) is 180 Å². The molecule has 0 aliphatic heterocycles. The number of hydrogen-bond acceptors (Lipinski definition) is 7. The van der Waals surface area contributed by atoms with Crippen molar-refractivity contribution in [3.05, 3.63) is 0 Å². The summed E-state index contributed by atoms with van der Waals surface area (Å²) in [5.74, 6) is -0.599. The van der Waals surface area contributed by atoms with Gasteiger partial charge in [-0.3, -0.25) is 18.6 Å². The van der Waals surface area contributed by atoms with Crippen LogP contribution >= 0.6 is 7.82 Å². The van der Waals surface area contributed by atoms with Crippen molar-refractivity contribution in [1.82, 2.24) is 5.32 Å². The first-order valence-corrected chi connectivity index (χ1v) is 19.5. The zero-order valence-corrected chi connectivity index (χ0v) is 29.3. The van der Waals surface area contributed by atoms with Gasteiger partial charge in [-0.2, -0.15) is 0 Å². The molecule has 0 aliphatic rings. The van der Waals surface area contributed by atoms with Crippen molar-refractivity contribution in [3.8, 4) is 0 Å². The molecule has 3 N–H and O–H groups in total. The maximum Gasteiger partial charge on any atom is 0.472 e. The minimum absolute atomic E-state index is 0.0861. The molecule has 0 spiro atoms. The number of carbonyl (C=O) groups excluding carboxylic acids is 2. The zero-order chi connectivity index (χ0) is 32.6. The molecule has 262 valence electrons. The van der Waals surface area contributed by atoms with E-state index in [0.717, 1.165) is 19.3 Å². The molecule has 0 heterocycles. The average Bonchev–Trinajstić information content (AvgIpc) is 3.01. The summed E-state index contributed by atoms with van der Waals surface area (Å²) in [4.78, 5) is 32.6. The topological polar surface area (TPSA) is 131 Å². The molecular weight excluding hydrogens is 581 g/mol. The maximum atomic E-state index is 11.9. The third kappa shape index (κ3) is 32.4. The highest BCUT2D eigenvalue weighted by atomic mass is 31.2. The summed E-state index contributed by atoms with van der Waals surface area (Å²) < 4.78 is 26.0. The predicted octanol–water partition coefficient (Wildman–Crippen LogP) is 8.93. The molecule has 0 saturated carbocycles. The lowest BCUT2D eigenvalue weighted by atomic mass is 10.0. The number of ether oxygens (including phenoxy) is 1. The highest BCUT2D eigenvalue weighted by molar-refractivity contribution is 7.47. The first-order valence-electron chi connectivity index (χ1n) is 18.0. The van der Waals surface area contributed by atoms with Crippen molar-refractivity contribution in [1.29, 1.82) is 0 Å². The number of carbonyl (C=O) groups is 2. The standard InChI is InChI=1S/C34H68NO8P/c1-3-5-6-7-8-9-10-11-12-13-14-15-16-17-18-19-20-21-22-23-24-25-26-27-33(37)35-28-29-42-44(39,40)43-31-32(36)30-41-34(38)4-2/h32,36H,3-31H2,1-2H3,(H,35,37)(H,39,40). The van der Waals surface area contributed by atoms with Gasteiger partial charge in [0.05, 0.1) is 13.2 Å². The van der Waals surface area contributed by atoms with Crippen LogP contribution in [0.2, 0.25) is 0 Å². The summed E-state index contributed by atoms with van der Waals surface area (Å²) in [6.07, 6.45) is 30.1. The number of aliphatic hydroxyl groups excluding tert-OH is 1. The summed E-state index contributed by atoms with van der Waals surface area (Å²) in [5.41, 5.74) is 0. The molecule has 1 amide bonds. The summed E-state index contributed by atoms with van der Waals surface area (Å²) in [6.45, 7) is 2.94. The average molecular weight is 650 g/mol. The maximum absolute atomic E-state index is 11.9. The molecule has 0 rings (SSSR count). The molecule has 0 bridgehead atoms. The normalized spacial score (nSPS) is 13.5. The summed E-state index contributed by atoms with van der Waals surface area (Å²) in [5, 5.41) is 12.3. The van der Waals surface area contributed by atoms with E-state index in [-0.39, 0.29) is 32.1 Å². The van der Waals surface area contributed by atoms with Gasteiger partial charge in [0.25, 0.3) is 0 Å². The van der Waals surface area contributed by atoms with Gasteiger partial charge in [0, 0.05) is 19.4 Å². The third-order valence-corrected chi connectivity index (χ3v) is 8.83. The van der Waals surface area contributed by atoms with Gasteiger partial charge in [-0.1, -0.05) is 155 Å². The lowest BCUT2D eigenvalue weighted by molar-refractivity contribution is -0.146. The van der Waals surface area contributed by atoms with Crippen LogP contribution in [0.1, 0.15) is 174 Å². The van der Waals surface area contributed by atoms with Crippen molar-refractivity contribution >= 4 is 19.7 Å². The van der Waals surface area contributed by atoms with Crippen LogP contribution in [0.4, 0.5) is 0 Å². The summed E-state index contributed by atoms with van der Waals surface area (Å²) >= 11 is 0. The summed E-state index contributed by atoms with van der Waals surface area (Å²) in [6, 6.07) is 0. The van der Waals surface area contributed by atoms with Crippen molar-refractivity contribution < 1.29 is 37.9 Å². The number of esters is 1. The second kappa shape index (κ2) is 32.0. The largest absolute Gasteiger partial charge is 0.472 e. The van der Waals surface area contributed by atoms with Crippen molar-refractivity contribution in [3.63, 3.8) is 0 Å². The Kier molecular flexibility index (Phi) is 31.3. The van der Waals surface area contributed by atoms with Crippen LogP contribution in [-0.4, -0.2) is 54.3 Å². The number of amides is 1. The number of phosphoric acid groups is 1. The molecule has 44 heavy (non-hydrogen) atoms. The second-order valence-corrected chi connectivity index (χ2v) is 13.6. The molecule has 9 nitrogen and oxygen atoms in total. The number of aliphatic hydroxyl groups is 1. The minimum Gasteiger partial charge on any atom is -0.463 e. The Hall–Kier alpha value is -0.990. The van der Waals surface area contributed by atoms with Gasteiger partial charge < -0.3 is 20.1 Å². The van der Waals surface area contributed by atoms with Crippen LogP contribution < -0.4 is 5.32 Å². The van der Waals surface area contributed by atoms with Crippen LogP contribution in [0.25, 0.3) is 0 Å². The lowest BCUT2D eigenvalue weighted by Crippen LogP contribution is -2.27. The van der Waals surface area contributed by atoms with E-state index in [1.54, 1.807) is 6.92 Å². The molecule has 0 radical (unpaired) electrons. The van der Waals surface area contributed by atoms with Gasteiger partial charge >= 0.3 is 13.8 Å². The van der Waals surface area contributed by atoms with Gasteiger partial charge in [0.1, 0.15) is 12.7 Å². The Labute approximate surface area is 269 Å². The monoisotopic (exact) mass is 649 g/mol. The van der Waals surface area contributed by atoms with Crippen LogP contribution in [0, 0.1) is 0 Å². The van der Waals surface area contributed by atoms with Gasteiger partial charge in [-0.25, -0.2) is 4.57 Å². The molecule has 0 fully saturated rings. The van der Waals surface area contributed by atoms with E-state index in [1.165, 1.54) is 128 Å². The molecule has 0 aliphatic carbocycles. The Morgan fingerprint density at radius 3 is 1.45 bits per heavy atom. The first-order chi connectivity index (χ1) is 21.3. The van der Waals surface area contributed by atoms with Crippen LogP contribution in [0.5, 0.6) is 0 Å². The van der Waals surface area contributed by atoms with Crippen LogP contribution in [0.3, 0.4) is 0 Å². The number of rotatable bonds is 34. The Bertz CT molecular complexity index is 709. The van der Waals surface area contributed by atoms with E-state index >= 15 is 0 Å². The Balaban J connectivity index is 3.37. The van der Waals surface area contributed by atoms with Crippen molar-refractivity contribution in [2.24, 2.45) is 0 Å². The number of unbranched alkanes of at least 4 members (excludes halogenated alkanes) is 22. The van der Waals surface area contributed by atoms with E-state index in [1.807, 2.05) is 0 Å². The van der Waals surface area contributed by atoms with Gasteiger partial charge in [0.2, 0.25) is 5.91 Å². The third-order valence-electron chi connectivity index (χ3n) is 7.84. The molecule has 0 saturated heterocycles. The highest BCUT2D eigenvalue weighted by Crippen LogP contribution is 2.42. The molecule has 2 unspecified atom stereocenters. The number of nitrogens with one attached hydrogen (secondary N) is 1. The van der Waals surface area contributed by atoms with E-state index in [2.05, 4.69) is 16.8 Å². The second-order valence-electron chi connectivity index (χ2n) is 12.2. The SMILES string of the molecule is CCCCCCCCCCCCCCCCCCCCCCCCCC(=O)NCCOP(=O)(O)OCC(O)COC(=O)CC. The minimum atomic E-state index is -4.37. The fourth-order valence-corrected chi connectivity index (χ4v) is 5.82. The van der Waals surface area contributed by atoms with Gasteiger partial charge in [0.15, 0.2) is 0 Å². The van der Waals surface area contributed by atoms with E-state index in [4.69, 9.17) is 9.26 Å². The fourth-order valence-electron chi connectivity index (χ4n) is 5.07. The molecule has 10 heteroatoms. The molecule has 2 atom stereocenters. The molecule has 0 aromatic carbocycles. The number of phosphoric ester groups is 1. The highest BCUT2D eigenvalue weighted by Gasteiger charge is 2.23. The van der Waals surface area contributed by atoms with Crippen LogP contribution in [0.15, 0.2) is 0 Å².